The molecule has 0 radical (unpaired) electrons. The molecule has 0 N–H and O–H groups in total. The molecule has 0 saturated heterocycles. The molecule has 2 aromatic rings. The van der Waals surface area contributed by atoms with Gasteiger partial charge in [0.1, 0.15) is 0 Å². The van der Waals surface area contributed by atoms with Crippen molar-refractivity contribution < 1.29 is 0 Å². The van der Waals surface area contributed by atoms with Gasteiger partial charge in [-0.15, -0.1) is 11.6 Å². The second-order valence-corrected chi connectivity index (χ2v) is 8.82. The van der Waals surface area contributed by atoms with Gasteiger partial charge in [0.25, 0.3) is 0 Å². The SMILES string of the molecule is C/C=C(\C=C/CCl)C/C(=C\CC)N(/N=C(\C)c1cccnc1)C(C)c1ccc(Br)c(C)c1. The number of allylic oxidation sites excluding steroid dienone is 5. The van der Waals surface area contributed by atoms with Crippen LogP contribution in [-0.4, -0.2) is 21.6 Å². The summed E-state index contributed by atoms with van der Waals surface area (Å²) in [5.74, 6) is 0.501. The summed E-state index contributed by atoms with van der Waals surface area (Å²) in [5, 5.41) is 7.27. The number of hydrogen-bond donors (Lipinski definition) is 0. The van der Waals surface area contributed by atoms with Crippen molar-refractivity contribution in [2.24, 2.45) is 5.10 Å². The number of pyridine rings is 1. The highest BCUT2D eigenvalue weighted by atomic mass is 79.9. The first-order valence-electron chi connectivity index (χ1n) is 11.0. The summed E-state index contributed by atoms with van der Waals surface area (Å²) in [5.41, 5.74) is 6.75. The van der Waals surface area contributed by atoms with Gasteiger partial charge in [-0.05, 0) is 62.9 Å². The van der Waals surface area contributed by atoms with E-state index in [4.69, 9.17) is 16.7 Å². The molecule has 1 aromatic heterocycles. The summed E-state index contributed by atoms with van der Waals surface area (Å²) in [4.78, 5) is 4.26. The van der Waals surface area contributed by atoms with Gasteiger partial charge in [-0.1, -0.05) is 65.4 Å². The normalized spacial score (nSPS) is 14.2. The van der Waals surface area contributed by atoms with Crippen LogP contribution in [0.3, 0.4) is 0 Å². The lowest BCUT2D eigenvalue weighted by Gasteiger charge is -2.31. The summed E-state index contributed by atoms with van der Waals surface area (Å²) >= 11 is 9.51. The van der Waals surface area contributed by atoms with E-state index in [2.05, 4.69) is 90.0 Å². The minimum atomic E-state index is 0.0568. The highest BCUT2D eigenvalue weighted by Crippen LogP contribution is 2.31. The average Bonchev–Trinajstić information content (AvgIpc) is 2.81. The molecule has 0 aliphatic rings. The molecule has 0 spiro atoms. The number of hydrogen-bond acceptors (Lipinski definition) is 3. The monoisotopic (exact) mass is 513 g/mol. The molecular formula is C27H33BrClN3. The number of nitrogens with zero attached hydrogens (tertiary/aromatic N) is 3. The van der Waals surface area contributed by atoms with Crippen molar-refractivity contribution in [2.75, 3.05) is 5.88 Å². The molecule has 0 aliphatic heterocycles. The molecule has 0 aliphatic carbocycles. The number of aryl methyl sites for hydroxylation is 1. The van der Waals surface area contributed by atoms with Crippen molar-refractivity contribution in [1.29, 1.82) is 0 Å². The van der Waals surface area contributed by atoms with Crippen molar-refractivity contribution in [1.82, 2.24) is 9.99 Å². The number of benzene rings is 1. The van der Waals surface area contributed by atoms with Crippen LogP contribution in [0.1, 0.15) is 63.3 Å². The van der Waals surface area contributed by atoms with Crippen LogP contribution in [0.25, 0.3) is 0 Å². The van der Waals surface area contributed by atoms with Gasteiger partial charge in [-0.25, -0.2) is 0 Å². The van der Waals surface area contributed by atoms with Crippen molar-refractivity contribution in [3.05, 3.63) is 99.5 Å². The van der Waals surface area contributed by atoms with E-state index >= 15 is 0 Å². The maximum Gasteiger partial charge on any atom is 0.0743 e. The second kappa shape index (κ2) is 13.4. The summed E-state index contributed by atoms with van der Waals surface area (Å²) in [6, 6.07) is 10.5. The van der Waals surface area contributed by atoms with Gasteiger partial charge >= 0.3 is 0 Å². The highest BCUT2D eigenvalue weighted by molar-refractivity contribution is 9.10. The molecule has 0 bridgehead atoms. The number of halogens is 2. The van der Waals surface area contributed by atoms with Gasteiger partial charge < -0.3 is 0 Å². The first kappa shape index (κ1) is 26.1. The van der Waals surface area contributed by atoms with Gasteiger partial charge in [-0.2, -0.15) is 5.10 Å². The van der Waals surface area contributed by atoms with Gasteiger partial charge in [0.05, 0.1) is 11.8 Å². The van der Waals surface area contributed by atoms with Crippen LogP contribution in [-0.2, 0) is 0 Å². The summed E-state index contributed by atoms with van der Waals surface area (Å²) < 4.78 is 1.11. The Balaban J connectivity index is 2.54. The van der Waals surface area contributed by atoms with E-state index in [1.165, 1.54) is 16.7 Å². The quantitative estimate of drug-likeness (QED) is 0.138. The molecular weight excluding hydrogens is 482 g/mol. The van der Waals surface area contributed by atoms with Gasteiger partial charge in [0.15, 0.2) is 0 Å². The molecule has 1 aromatic carbocycles. The van der Waals surface area contributed by atoms with E-state index in [1.54, 1.807) is 6.20 Å². The Labute approximate surface area is 206 Å². The van der Waals surface area contributed by atoms with Crippen LogP contribution >= 0.6 is 27.5 Å². The van der Waals surface area contributed by atoms with E-state index in [1.807, 2.05) is 31.3 Å². The van der Waals surface area contributed by atoms with Crippen LogP contribution in [0.2, 0.25) is 0 Å². The van der Waals surface area contributed by atoms with Crippen LogP contribution in [0.4, 0.5) is 0 Å². The van der Waals surface area contributed by atoms with E-state index in [-0.39, 0.29) is 6.04 Å². The topological polar surface area (TPSA) is 28.5 Å². The summed E-state index contributed by atoms with van der Waals surface area (Å²) in [6.45, 7) is 10.6. The number of hydrazone groups is 1. The Bertz CT molecular complexity index is 993. The molecule has 0 saturated carbocycles. The Morgan fingerprint density at radius 1 is 1.31 bits per heavy atom. The Kier molecular flexibility index (Phi) is 10.9. The van der Waals surface area contributed by atoms with Crippen molar-refractivity contribution in [3.8, 4) is 0 Å². The van der Waals surface area contributed by atoms with E-state index in [0.717, 1.165) is 34.3 Å². The Morgan fingerprint density at radius 2 is 2.09 bits per heavy atom. The third kappa shape index (κ3) is 7.46. The molecule has 5 heteroatoms. The Hall–Kier alpha value is -2.17. The van der Waals surface area contributed by atoms with Crippen LogP contribution in [0.5, 0.6) is 0 Å². The maximum atomic E-state index is 5.89. The van der Waals surface area contributed by atoms with Crippen molar-refractivity contribution in [2.45, 2.75) is 53.5 Å². The molecule has 170 valence electrons. The zero-order valence-corrected chi connectivity index (χ0v) is 22.0. The van der Waals surface area contributed by atoms with Crippen molar-refractivity contribution in [3.63, 3.8) is 0 Å². The first-order valence-corrected chi connectivity index (χ1v) is 12.3. The fourth-order valence-corrected chi connectivity index (χ4v) is 3.74. The summed E-state index contributed by atoms with van der Waals surface area (Å²) in [6.07, 6.45) is 13.8. The maximum absolute atomic E-state index is 5.89. The molecule has 1 heterocycles. The van der Waals surface area contributed by atoms with E-state index < -0.39 is 0 Å². The van der Waals surface area contributed by atoms with Gasteiger partial charge in [0.2, 0.25) is 0 Å². The molecule has 2 rings (SSSR count). The lowest BCUT2D eigenvalue weighted by atomic mass is 10.0. The Morgan fingerprint density at radius 3 is 2.69 bits per heavy atom. The molecule has 32 heavy (non-hydrogen) atoms. The second-order valence-electron chi connectivity index (χ2n) is 7.66. The highest BCUT2D eigenvalue weighted by Gasteiger charge is 2.20. The lowest BCUT2D eigenvalue weighted by molar-refractivity contribution is 0.278. The minimum absolute atomic E-state index is 0.0568. The van der Waals surface area contributed by atoms with E-state index in [0.29, 0.717) is 5.88 Å². The molecule has 3 nitrogen and oxygen atoms in total. The van der Waals surface area contributed by atoms with Crippen LogP contribution in [0.15, 0.2) is 87.9 Å². The van der Waals surface area contributed by atoms with Crippen LogP contribution in [0, 0.1) is 6.92 Å². The number of aromatic nitrogens is 1. The van der Waals surface area contributed by atoms with E-state index in [9.17, 15) is 0 Å². The number of alkyl halides is 1. The fourth-order valence-electron chi connectivity index (χ4n) is 3.41. The molecule has 0 fully saturated rings. The minimum Gasteiger partial charge on any atom is -0.264 e. The first-order chi connectivity index (χ1) is 15.4. The number of rotatable bonds is 10. The smallest absolute Gasteiger partial charge is 0.0743 e. The third-order valence-electron chi connectivity index (χ3n) is 5.28. The standard InChI is InChI=1S/C27H33BrClN3/c1-6-10-26(18-23(7-2)11-8-15-29)32(31-21(4)25-12-9-16-30-19-25)22(5)24-13-14-27(28)20(3)17-24/h7-14,16-17,19,22H,6,15,18H2,1-5H3/b11-8-,23-7+,26-10+,31-21+. The fraction of sp³-hybridized carbons (Fsp3) is 0.333. The largest absolute Gasteiger partial charge is 0.264 e. The average molecular weight is 515 g/mol. The predicted molar refractivity (Wildman–Crippen MR) is 142 cm³/mol. The lowest BCUT2D eigenvalue weighted by Crippen LogP contribution is -2.23. The van der Waals surface area contributed by atoms with Crippen LogP contribution < -0.4 is 0 Å². The van der Waals surface area contributed by atoms with Crippen molar-refractivity contribution >= 4 is 33.2 Å². The zero-order valence-electron chi connectivity index (χ0n) is 19.6. The van der Waals surface area contributed by atoms with Gasteiger partial charge in [0, 0.05) is 40.4 Å². The molecule has 0 amide bonds. The summed E-state index contributed by atoms with van der Waals surface area (Å²) in [7, 11) is 0. The molecule has 1 unspecified atom stereocenters. The molecule has 1 atom stereocenters. The predicted octanol–water partition coefficient (Wildman–Crippen LogP) is 8.37. The third-order valence-corrected chi connectivity index (χ3v) is 6.35. The zero-order chi connectivity index (χ0) is 23.5. The van der Waals surface area contributed by atoms with Gasteiger partial charge in [-0.3, -0.25) is 9.99 Å².